The first-order chi connectivity index (χ1) is 16.5. The molecule has 0 radical (unpaired) electrons. The Hall–Kier alpha value is -4.33. The number of anilines is 2. The van der Waals surface area contributed by atoms with E-state index in [0.29, 0.717) is 11.4 Å². The van der Waals surface area contributed by atoms with Gasteiger partial charge in [0, 0.05) is 7.05 Å². The Balaban J connectivity index is 1.74. The number of carbonyl (C=O) groups excluding carboxylic acids is 2. The molecule has 0 fully saturated rings. The predicted octanol–water partition coefficient (Wildman–Crippen LogP) is 5.24. The number of hydrogen-bond acceptors (Lipinski definition) is 4. The van der Waals surface area contributed by atoms with E-state index in [1.807, 2.05) is 54.6 Å². The molecule has 8 heteroatoms. The number of para-hydroxylation sites is 1. The minimum atomic E-state index is -0.701. The number of benzene rings is 3. The number of amides is 2. The maximum atomic E-state index is 13.4. The monoisotopic (exact) mass is 472 g/mol. The molecular weight excluding hydrogens is 444 g/mol. The number of ether oxygens (including phenoxy) is 1. The lowest BCUT2D eigenvalue weighted by atomic mass is 10.0. The second-order valence-corrected chi connectivity index (χ2v) is 9.26. The van der Waals surface area contributed by atoms with Crippen molar-refractivity contribution in [2.45, 2.75) is 33.3 Å². The van der Waals surface area contributed by atoms with E-state index in [1.54, 1.807) is 51.6 Å². The van der Waals surface area contributed by atoms with Crippen LogP contribution >= 0.6 is 0 Å². The van der Waals surface area contributed by atoms with E-state index >= 15 is 0 Å². The smallest absolute Gasteiger partial charge is 0.412 e. The van der Waals surface area contributed by atoms with Gasteiger partial charge in [-0.15, -0.1) is 0 Å². The first-order valence-corrected chi connectivity index (χ1v) is 11.2. The molecule has 3 aromatic carbocycles. The summed E-state index contributed by atoms with van der Waals surface area (Å²) < 4.78 is 8.55. The van der Waals surface area contributed by atoms with Crippen LogP contribution in [-0.2, 0) is 11.8 Å². The van der Waals surface area contributed by atoms with Gasteiger partial charge in [-0.1, -0.05) is 42.5 Å². The molecule has 0 aliphatic rings. The Morgan fingerprint density at radius 1 is 0.886 bits per heavy atom. The van der Waals surface area contributed by atoms with Crippen LogP contribution in [0.3, 0.4) is 0 Å². The Morgan fingerprint density at radius 3 is 2.11 bits per heavy atom. The zero-order valence-electron chi connectivity index (χ0n) is 20.4. The minimum Gasteiger partial charge on any atom is -0.444 e. The Bertz CT molecular complexity index is 1480. The average molecular weight is 473 g/mol. The fourth-order valence-electron chi connectivity index (χ4n) is 3.84. The van der Waals surface area contributed by atoms with Gasteiger partial charge in [0.2, 0.25) is 0 Å². The highest BCUT2D eigenvalue weighted by atomic mass is 16.6. The molecule has 8 nitrogen and oxygen atoms in total. The van der Waals surface area contributed by atoms with E-state index in [4.69, 9.17) is 4.74 Å². The first kappa shape index (κ1) is 23.8. The van der Waals surface area contributed by atoms with E-state index in [2.05, 4.69) is 10.6 Å². The lowest BCUT2D eigenvalue weighted by Crippen LogP contribution is -2.28. The van der Waals surface area contributed by atoms with Gasteiger partial charge < -0.3 is 10.1 Å². The van der Waals surface area contributed by atoms with Crippen LogP contribution in [0.25, 0.3) is 16.5 Å². The molecule has 0 aliphatic heterocycles. The largest absolute Gasteiger partial charge is 0.444 e. The average Bonchev–Trinajstić information content (AvgIpc) is 3.01. The van der Waals surface area contributed by atoms with Gasteiger partial charge in [-0.2, -0.15) is 0 Å². The fraction of sp³-hybridized carbons (Fsp3) is 0.222. The van der Waals surface area contributed by atoms with E-state index in [9.17, 15) is 14.4 Å². The molecule has 0 saturated heterocycles. The summed E-state index contributed by atoms with van der Waals surface area (Å²) >= 11 is 0. The maximum Gasteiger partial charge on any atom is 0.412 e. The second-order valence-electron chi connectivity index (χ2n) is 9.26. The van der Waals surface area contributed by atoms with Crippen molar-refractivity contribution in [3.8, 4) is 5.69 Å². The van der Waals surface area contributed by atoms with Gasteiger partial charge in [-0.05, 0) is 62.7 Å². The first-order valence-electron chi connectivity index (χ1n) is 11.2. The van der Waals surface area contributed by atoms with Crippen LogP contribution < -0.4 is 16.2 Å². The Morgan fingerprint density at radius 2 is 1.49 bits per heavy atom. The topological polar surface area (TPSA) is 94.4 Å². The number of nitrogens with one attached hydrogen (secondary N) is 2. The molecule has 1 heterocycles. The number of nitrogens with zero attached hydrogens (tertiary/aromatic N) is 2. The summed E-state index contributed by atoms with van der Waals surface area (Å²) in [5, 5.41) is 7.12. The van der Waals surface area contributed by atoms with Crippen LogP contribution in [0.15, 0.2) is 71.5 Å². The van der Waals surface area contributed by atoms with Gasteiger partial charge in [0.15, 0.2) is 0 Å². The molecule has 0 saturated carbocycles. The highest BCUT2D eigenvalue weighted by molar-refractivity contribution is 6.12. The van der Waals surface area contributed by atoms with Crippen molar-refractivity contribution in [1.29, 1.82) is 0 Å². The zero-order chi connectivity index (χ0) is 25.3. The van der Waals surface area contributed by atoms with Crippen molar-refractivity contribution in [2.24, 2.45) is 7.05 Å². The number of rotatable bonds is 4. The van der Waals surface area contributed by atoms with Gasteiger partial charge in [0.1, 0.15) is 11.3 Å². The summed E-state index contributed by atoms with van der Waals surface area (Å²) in [4.78, 5) is 39.2. The highest BCUT2D eigenvalue weighted by Gasteiger charge is 2.23. The molecule has 4 rings (SSSR count). The van der Waals surface area contributed by atoms with Crippen molar-refractivity contribution in [1.82, 2.24) is 9.36 Å². The second kappa shape index (κ2) is 9.13. The number of carbonyl (C=O) groups is 2. The molecule has 35 heavy (non-hydrogen) atoms. The third kappa shape index (κ3) is 4.96. The molecule has 0 aliphatic carbocycles. The van der Waals surface area contributed by atoms with Crippen LogP contribution in [0, 0.1) is 6.92 Å². The van der Waals surface area contributed by atoms with E-state index in [0.717, 1.165) is 10.8 Å². The van der Waals surface area contributed by atoms with Gasteiger partial charge in [-0.3, -0.25) is 19.6 Å². The molecule has 0 unspecified atom stereocenters. The highest BCUT2D eigenvalue weighted by Crippen LogP contribution is 2.26. The molecule has 2 N–H and O–H groups in total. The molecule has 180 valence electrons. The van der Waals surface area contributed by atoms with E-state index in [1.165, 1.54) is 4.68 Å². The molecule has 0 atom stereocenters. The van der Waals surface area contributed by atoms with Crippen LogP contribution in [0.1, 0.15) is 36.8 Å². The van der Waals surface area contributed by atoms with Crippen molar-refractivity contribution in [2.75, 3.05) is 10.6 Å². The minimum absolute atomic E-state index is 0.165. The number of hydrogen-bond donors (Lipinski definition) is 2. The predicted molar refractivity (Wildman–Crippen MR) is 138 cm³/mol. The molecule has 2 amide bonds. The summed E-state index contributed by atoms with van der Waals surface area (Å²) in [6, 6.07) is 20.1. The summed E-state index contributed by atoms with van der Waals surface area (Å²) in [6.07, 6.45) is -0.677. The van der Waals surface area contributed by atoms with E-state index < -0.39 is 17.6 Å². The van der Waals surface area contributed by atoms with Gasteiger partial charge in [-0.25, -0.2) is 9.48 Å². The quantitative estimate of drug-likeness (QED) is 0.425. The van der Waals surface area contributed by atoms with Gasteiger partial charge in [0.25, 0.3) is 11.5 Å². The lowest BCUT2D eigenvalue weighted by molar-refractivity contribution is 0.0636. The van der Waals surface area contributed by atoms with E-state index in [-0.39, 0.29) is 22.5 Å². The molecule has 0 bridgehead atoms. The fourth-order valence-corrected chi connectivity index (χ4v) is 3.84. The number of fused-ring (bicyclic) bond motifs is 1. The van der Waals surface area contributed by atoms with Crippen LogP contribution in [-0.4, -0.2) is 27.0 Å². The van der Waals surface area contributed by atoms with Crippen LogP contribution in [0.2, 0.25) is 0 Å². The summed E-state index contributed by atoms with van der Waals surface area (Å²) in [6.45, 7) is 7.04. The maximum absolute atomic E-state index is 13.4. The third-order valence-corrected chi connectivity index (χ3v) is 5.56. The summed E-state index contributed by atoms with van der Waals surface area (Å²) in [5.74, 6) is -0.521. The summed E-state index contributed by atoms with van der Waals surface area (Å²) in [7, 11) is 1.75. The van der Waals surface area contributed by atoms with Crippen molar-refractivity contribution in [3.05, 3.63) is 88.3 Å². The molecular formula is C27H28N4O4. The van der Waals surface area contributed by atoms with Crippen molar-refractivity contribution in [3.63, 3.8) is 0 Å². The van der Waals surface area contributed by atoms with Crippen molar-refractivity contribution >= 4 is 34.1 Å². The van der Waals surface area contributed by atoms with Crippen LogP contribution in [0.5, 0.6) is 0 Å². The summed E-state index contributed by atoms with van der Waals surface area (Å²) in [5.41, 5.74) is 0.879. The Labute approximate surface area is 203 Å². The van der Waals surface area contributed by atoms with Gasteiger partial charge in [0.05, 0.1) is 22.6 Å². The Kier molecular flexibility index (Phi) is 6.22. The lowest BCUT2D eigenvalue weighted by Gasteiger charge is -2.20. The molecule has 1 aromatic heterocycles. The normalized spacial score (nSPS) is 11.3. The number of aromatic nitrogens is 2. The van der Waals surface area contributed by atoms with Gasteiger partial charge >= 0.3 is 6.09 Å². The standard InChI is InChI=1S/C27H28N4O4/c1-17-23(25(33)31(30(17)5)20-13-7-6-8-14-20)29-24(32)21-15-18-11-9-10-12-19(18)16-22(21)28-26(34)35-27(2,3)4/h6-16H,1-5H3,(H,28,34)(H,29,32). The molecule has 0 spiro atoms. The SMILES string of the molecule is Cc1c(NC(=O)c2cc3ccccc3cc2NC(=O)OC(C)(C)C)c(=O)n(-c2ccccc2)n1C. The third-order valence-electron chi connectivity index (χ3n) is 5.56. The van der Waals surface area contributed by atoms with Crippen molar-refractivity contribution < 1.29 is 14.3 Å². The molecule has 4 aromatic rings. The van der Waals surface area contributed by atoms with Crippen LogP contribution in [0.4, 0.5) is 16.2 Å². The zero-order valence-corrected chi connectivity index (χ0v) is 20.4.